The summed E-state index contributed by atoms with van der Waals surface area (Å²) < 4.78 is 3.05. The SMILES string of the molecule is Cc1csc2nc(Cn3cnc4sccc4c3=O)cc(=O)n12. The van der Waals surface area contributed by atoms with E-state index in [1.54, 1.807) is 10.5 Å². The summed E-state index contributed by atoms with van der Waals surface area (Å²) in [6.45, 7) is 2.10. The molecule has 4 rings (SSSR count). The average Bonchev–Trinajstić information content (AvgIpc) is 3.10. The molecule has 110 valence electrons. The molecule has 0 aromatic carbocycles. The van der Waals surface area contributed by atoms with E-state index in [0.717, 1.165) is 10.5 Å². The quantitative estimate of drug-likeness (QED) is 0.563. The number of aryl methyl sites for hydroxylation is 1. The molecule has 0 atom stereocenters. The van der Waals surface area contributed by atoms with E-state index in [1.807, 2.05) is 17.7 Å². The predicted molar refractivity (Wildman–Crippen MR) is 87.1 cm³/mol. The maximum Gasteiger partial charge on any atom is 0.262 e. The highest BCUT2D eigenvalue weighted by Crippen LogP contribution is 2.14. The molecule has 0 aliphatic heterocycles. The van der Waals surface area contributed by atoms with Gasteiger partial charge in [0.2, 0.25) is 0 Å². The van der Waals surface area contributed by atoms with E-state index >= 15 is 0 Å². The molecule has 0 bridgehead atoms. The summed E-state index contributed by atoms with van der Waals surface area (Å²) in [7, 11) is 0. The standard InChI is InChI=1S/C14H10N4O2S2/c1-8-6-22-14-16-9(4-11(19)18(8)14)5-17-7-15-12-10(13(17)20)2-3-21-12/h2-4,6-7H,5H2,1H3. The minimum atomic E-state index is -0.128. The molecule has 0 saturated carbocycles. The maximum absolute atomic E-state index is 12.4. The summed E-state index contributed by atoms with van der Waals surface area (Å²) in [5.74, 6) is 0. The third-order valence-corrected chi connectivity index (χ3v) is 5.18. The molecule has 0 aliphatic rings. The van der Waals surface area contributed by atoms with Crippen molar-refractivity contribution in [3.05, 3.63) is 61.3 Å². The van der Waals surface area contributed by atoms with Gasteiger partial charge in [0.15, 0.2) is 4.96 Å². The lowest BCUT2D eigenvalue weighted by Crippen LogP contribution is -2.23. The molecule has 4 aromatic heterocycles. The van der Waals surface area contributed by atoms with Gasteiger partial charge in [-0.25, -0.2) is 9.97 Å². The Morgan fingerprint density at radius 2 is 2.14 bits per heavy atom. The van der Waals surface area contributed by atoms with Crippen molar-refractivity contribution in [3.63, 3.8) is 0 Å². The molecule has 0 saturated heterocycles. The predicted octanol–water partition coefficient (Wildman–Crippen LogP) is 1.88. The molecule has 0 amide bonds. The van der Waals surface area contributed by atoms with Crippen molar-refractivity contribution < 1.29 is 0 Å². The van der Waals surface area contributed by atoms with Crippen LogP contribution in [-0.2, 0) is 6.54 Å². The Labute approximate surface area is 132 Å². The number of rotatable bonds is 2. The van der Waals surface area contributed by atoms with Crippen LogP contribution in [-0.4, -0.2) is 18.9 Å². The normalized spacial score (nSPS) is 11.5. The van der Waals surface area contributed by atoms with Gasteiger partial charge >= 0.3 is 0 Å². The zero-order valence-corrected chi connectivity index (χ0v) is 13.1. The van der Waals surface area contributed by atoms with Crippen molar-refractivity contribution in [3.8, 4) is 0 Å². The number of nitrogens with zero attached hydrogens (tertiary/aromatic N) is 4. The lowest BCUT2D eigenvalue weighted by molar-refractivity contribution is 0.728. The number of hydrogen-bond donors (Lipinski definition) is 0. The zero-order chi connectivity index (χ0) is 15.3. The largest absolute Gasteiger partial charge is 0.293 e. The van der Waals surface area contributed by atoms with Gasteiger partial charge in [-0.3, -0.25) is 18.6 Å². The molecule has 8 heteroatoms. The average molecular weight is 330 g/mol. The van der Waals surface area contributed by atoms with E-state index in [4.69, 9.17) is 0 Å². The van der Waals surface area contributed by atoms with E-state index in [1.165, 1.54) is 39.6 Å². The van der Waals surface area contributed by atoms with Gasteiger partial charge < -0.3 is 0 Å². The van der Waals surface area contributed by atoms with E-state index in [-0.39, 0.29) is 17.7 Å². The second-order valence-electron chi connectivity index (χ2n) is 4.90. The molecule has 6 nitrogen and oxygen atoms in total. The van der Waals surface area contributed by atoms with Crippen LogP contribution in [0.3, 0.4) is 0 Å². The molecule has 22 heavy (non-hydrogen) atoms. The molecule has 4 aromatic rings. The summed E-state index contributed by atoms with van der Waals surface area (Å²) in [6, 6.07) is 3.23. The Morgan fingerprint density at radius 3 is 3.00 bits per heavy atom. The Bertz CT molecular complexity index is 1120. The fourth-order valence-electron chi connectivity index (χ4n) is 2.36. The number of thiophene rings is 1. The van der Waals surface area contributed by atoms with Crippen LogP contribution in [0.25, 0.3) is 15.2 Å². The lowest BCUT2D eigenvalue weighted by atomic mass is 10.3. The van der Waals surface area contributed by atoms with Gasteiger partial charge in [-0.05, 0) is 18.4 Å². The van der Waals surface area contributed by atoms with E-state index < -0.39 is 0 Å². The summed E-state index contributed by atoms with van der Waals surface area (Å²) in [5, 5.41) is 4.32. The van der Waals surface area contributed by atoms with Gasteiger partial charge in [0.25, 0.3) is 11.1 Å². The van der Waals surface area contributed by atoms with Gasteiger partial charge in [0.1, 0.15) is 4.83 Å². The van der Waals surface area contributed by atoms with Crippen LogP contribution in [0.4, 0.5) is 0 Å². The molecule has 0 spiro atoms. The minimum Gasteiger partial charge on any atom is -0.293 e. The molecule has 0 radical (unpaired) electrons. The van der Waals surface area contributed by atoms with Crippen LogP contribution in [0.2, 0.25) is 0 Å². The van der Waals surface area contributed by atoms with E-state index in [2.05, 4.69) is 9.97 Å². The topological polar surface area (TPSA) is 69.3 Å². The van der Waals surface area contributed by atoms with Gasteiger partial charge in [-0.1, -0.05) is 0 Å². The van der Waals surface area contributed by atoms with Crippen molar-refractivity contribution in [2.24, 2.45) is 0 Å². The van der Waals surface area contributed by atoms with Crippen molar-refractivity contribution in [1.29, 1.82) is 0 Å². The molecular formula is C14H10N4O2S2. The van der Waals surface area contributed by atoms with Crippen LogP contribution in [0.1, 0.15) is 11.4 Å². The van der Waals surface area contributed by atoms with Crippen LogP contribution in [0, 0.1) is 6.92 Å². The second-order valence-corrected chi connectivity index (χ2v) is 6.63. The first-order chi connectivity index (χ1) is 10.6. The minimum absolute atomic E-state index is 0.115. The molecule has 0 aliphatic carbocycles. The summed E-state index contributed by atoms with van der Waals surface area (Å²) in [6.07, 6.45) is 1.50. The molecule has 0 N–H and O–H groups in total. The summed E-state index contributed by atoms with van der Waals surface area (Å²) in [4.78, 5) is 34.6. The highest BCUT2D eigenvalue weighted by molar-refractivity contribution is 7.16. The Morgan fingerprint density at radius 1 is 1.27 bits per heavy atom. The van der Waals surface area contributed by atoms with Gasteiger partial charge in [-0.15, -0.1) is 22.7 Å². The highest BCUT2D eigenvalue weighted by atomic mass is 32.1. The second kappa shape index (κ2) is 4.85. The van der Waals surface area contributed by atoms with Crippen LogP contribution in [0.15, 0.2) is 38.8 Å². The first-order valence-corrected chi connectivity index (χ1v) is 8.29. The number of aromatic nitrogens is 4. The molecule has 4 heterocycles. The number of thiazole rings is 1. The molecule has 0 fully saturated rings. The van der Waals surface area contributed by atoms with Crippen LogP contribution < -0.4 is 11.1 Å². The first kappa shape index (κ1) is 13.4. The third kappa shape index (κ3) is 1.99. The smallest absolute Gasteiger partial charge is 0.262 e. The fourth-order valence-corrected chi connectivity index (χ4v) is 3.98. The fraction of sp³-hybridized carbons (Fsp3) is 0.143. The van der Waals surface area contributed by atoms with Gasteiger partial charge in [-0.2, -0.15) is 0 Å². The van der Waals surface area contributed by atoms with Crippen molar-refractivity contribution >= 4 is 37.9 Å². The first-order valence-electron chi connectivity index (χ1n) is 6.53. The highest BCUT2D eigenvalue weighted by Gasteiger charge is 2.09. The Balaban J connectivity index is 1.84. The third-order valence-electron chi connectivity index (χ3n) is 3.41. The monoisotopic (exact) mass is 330 g/mol. The van der Waals surface area contributed by atoms with Gasteiger partial charge in [0.05, 0.1) is 24.0 Å². The zero-order valence-electron chi connectivity index (χ0n) is 11.5. The van der Waals surface area contributed by atoms with Crippen LogP contribution >= 0.6 is 22.7 Å². The van der Waals surface area contributed by atoms with Crippen molar-refractivity contribution in [2.45, 2.75) is 13.5 Å². The summed E-state index contributed by atoms with van der Waals surface area (Å²) in [5.41, 5.74) is 1.18. The molecular weight excluding hydrogens is 320 g/mol. The molecule has 0 unspecified atom stereocenters. The maximum atomic E-state index is 12.4. The Kier molecular flexibility index (Phi) is 2.95. The summed E-state index contributed by atoms with van der Waals surface area (Å²) >= 11 is 2.84. The lowest BCUT2D eigenvalue weighted by Gasteiger charge is -2.05. The van der Waals surface area contributed by atoms with Crippen LogP contribution in [0.5, 0.6) is 0 Å². The van der Waals surface area contributed by atoms with Crippen molar-refractivity contribution in [1.82, 2.24) is 18.9 Å². The Hall–Kier alpha value is -2.32. The number of fused-ring (bicyclic) bond motifs is 2. The number of hydrogen-bond acceptors (Lipinski definition) is 6. The van der Waals surface area contributed by atoms with E-state index in [9.17, 15) is 9.59 Å². The van der Waals surface area contributed by atoms with Gasteiger partial charge in [0, 0.05) is 17.1 Å². The van der Waals surface area contributed by atoms with E-state index in [0.29, 0.717) is 16.0 Å². The van der Waals surface area contributed by atoms with Crippen molar-refractivity contribution in [2.75, 3.05) is 0 Å².